The molecule has 2 rings (SSSR count). The van der Waals surface area contributed by atoms with Crippen molar-refractivity contribution in [3.8, 4) is 0 Å². The number of rotatable bonds is 6. The van der Waals surface area contributed by atoms with E-state index >= 15 is 0 Å². The zero-order valence-electron chi connectivity index (χ0n) is 11.9. The Morgan fingerprint density at radius 3 is 2.26 bits per heavy atom. The SMILES string of the molecule is CNCCC(Cc1ccc(C)cc1)c1ccccc1. The zero-order valence-corrected chi connectivity index (χ0v) is 11.9. The van der Waals surface area contributed by atoms with Crippen LogP contribution in [0.1, 0.15) is 29.0 Å². The molecule has 0 amide bonds. The number of nitrogens with one attached hydrogen (secondary N) is 1. The van der Waals surface area contributed by atoms with Gasteiger partial charge in [0.2, 0.25) is 0 Å². The summed E-state index contributed by atoms with van der Waals surface area (Å²) < 4.78 is 0. The summed E-state index contributed by atoms with van der Waals surface area (Å²) in [5.41, 5.74) is 4.20. The average Bonchev–Trinajstić information content (AvgIpc) is 2.46. The van der Waals surface area contributed by atoms with Gasteiger partial charge in [-0.3, -0.25) is 0 Å². The van der Waals surface area contributed by atoms with E-state index in [0.717, 1.165) is 13.0 Å². The fourth-order valence-corrected chi connectivity index (χ4v) is 2.44. The van der Waals surface area contributed by atoms with Gasteiger partial charge in [0.05, 0.1) is 0 Å². The van der Waals surface area contributed by atoms with Crippen LogP contribution in [0.2, 0.25) is 0 Å². The molecule has 0 aliphatic carbocycles. The molecule has 1 unspecified atom stereocenters. The second-order valence-corrected chi connectivity index (χ2v) is 5.19. The minimum absolute atomic E-state index is 0.594. The van der Waals surface area contributed by atoms with Crippen molar-refractivity contribution in [3.05, 3.63) is 71.3 Å². The normalized spacial score (nSPS) is 12.3. The lowest BCUT2D eigenvalue weighted by Crippen LogP contribution is -2.14. The highest BCUT2D eigenvalue weighted by Gasteiger charge is 2.11. The largest absolute Gasteiger partial charge is 0.320 e. The molecule has 2 aromatic rings. The molecule has 0 aliphatic heterocycles. The lowest BCUT2D eigenvalue weighted by molar-refractivity contribution is 0.593. The van der Waals surface area contributed by atoms with Crippen LogP contribution >= 0.6 is 0 Å². The predicted octanol–water partition coefficient (Wildman–Crippen LogP) is 3.93. The monoisotopic (exact) mass is 253 g/mol. The quantitative estimate of drug-likeness (QED) is 0.822. The molecular formula is C18H23N. The van der Waals surface area contributed by atoms with Crippen LogP contribution in [0.15, 0.2) is 54.6 Å². The van der Waals surface area contributed by atoms with Crippen molar-refractivity contribution in [3.63, 3.8) is 0 Å². The fourth-order valence-electron chi connectivity index (χ4n) is 2.44. The molecule has 1 atom stereocenters. The second kappa shape index (κ2) is 7.10. The van der Waals surface area contributed by atoms with Gasteiger partial charge < -0.3 is 5.32 Å². The molecule has 2 aromatic carbocycles. The number of hydrogen-bond acceptors (Lipinski definition) is 1. The summed E-state index contributed by atoms with van der Waals surface area (Å²) in [6.45, 7) is 3.20. The first-order valence-corrected chi connectivity index (χ1v) is 7.04. The fraction of sp³-hybridized carbons (Fsp3) is 0.333. The molecule has 100 valence electrons. The summed E-state index contributed by atoms with van der Waals surface area (Å²) in [5.74, 6) is 0.594. The smallest absolute Gasteiger partial charge is 0.00460 e. The summed E-state index contributed by atoms with van der Waals surface area (Å²) in [4.78, 5) is 0. The Balaban J connectivity index is 2.11. The minimum atomic E-state index is 0.594. The molecule has 0 fully saturated rings. The summed E-state index contributed by atoms with van der Waals surface area (Å²) in [7, 11) is 2.02. The maximum atomic E-state index is 3.26. The van der Waals surface area contributed by atoms with E-state index in [1.54, 1.807) is 0 Å². The molecule has 1 nitrogen and oxygen atoms in total. The van der Waals surface area contributed by atoms with Crippen molar-refractivity contribution < 1.29 is 0 Å². The second-order valence-electron chi connectivity index (χ2n) is 5.19. The summed E-state index contributed by atoms with van der Waals surface area (Å²) in [6.07, 6.45) is 2.29. The van der Waals surface area contributed by atoms with Gasteiger partial charge in [-0.25, -0.2) is 0 Å². The maximum absolute atomic E-state index is 3.26. The van der Waals surface area contributed by atoms with Crippen LogP contribution in [0.4, 0.5) is 0 Å². The molecule has 0 heterocycles. The van der Waals surface area contributed by atoms with Crippen LogP contribution in [0.25, 0.3) is 0 Å². The Bertz CT molecular complexity index is 473. The van der Waals surface area contributed by atoms with E-state index in [-0.39, 0.29) is 0 Å². The van der Waals surface area contributed by atoms with Crippen LogP contribution in [0, 0.1) is 6.92 Å². The summed E-state index contributed by atoms with van der Waals surface area (Å²) in [5, 5.41) is 3.26. The molecule has 0 aromatic heterocycles. The van der Waals surface area contributed by atoms with Crippen LogP contribution in [-0.4, -0.2) is 13.6 Å². The molecule has 0 aliphatic rings. The summed E-state index contributed by atoms with van der Waals surface area (Å²) in [6, 6.07) is 19.8. The van der Waals surface area contributed by atoms with E-state index in [0.29, 0.717) is 5.92 Å². The van der Waals surface area contributed by atoms with Crippen LogP contribution < -0.4 is 5.32 Å². The first-order valence-electron chi connectivity index (χ1n) is 7.04. The van der Waals surface area contributed by atoms with Gasteiger partial charge >= 0.3 is 0 Å². The van der Waals surface area contributed by atoms with Gasteiger partial charge in [0.25, 0.3) is 0 Å². The number of benzene rings is 2. The average molecular weight is 253 g/mol. The number of aryl methyl sites for hydroxylation is 1. The van der Waals surface area contributed by atoms with Gasteiger partial charge in [0.15, 0.2) is 0 Å². The third kappa shape index (κ3) is 4.22. The topological polar surface area (TPSA) is 12.0 Å². The van der Waals surface area contributed by atoms with E-state index in [4.69, 9.17) is 0 Å². The Labute approximate surface area is 116 Å². The standard InChI is InChI=1S/C18H23N/c1-15-8-10-16(11-9-15)14-18(12-13-19-2)17-6-4-3-5-7-17/h3-11,18-19H,12-14H2,1-2H3. The predicted molar refractivity (Wildman–Crippen MR) is 82.6 cm³/mol. The van der Waals surface area contributed by atoms with E-state index in [9.17, 15) is 0 Å². The third-order valence-electron chi connectivity index (χ3n) is 3.62. The molecule has 0 bridgehead atoms. The van der Waals surface area contributed by atoms with Gasteiger partial charge in [0, 0.05) is 0 Å². The summed E-state index contributed by atoms with van der Waals surface area (Å²) >= 11 is 0. The highest BCUT2D eigenvalue weighted by molar-refractivity contribution is 5.26. The molecule has 0 spiro atoms. The highest BCUT2D eigenvalue weighted by Crippen LogP contribution is 2.24. The maximum Gasteiger partial charge on any atom is -0.00460 e. The van der Waals surface area contributed by atoms with E-state index < -0.39 is 0 Å². The lowest BCUT2D eigenvalue weighted by Gasteiger charge is -2.17. The molecular weight excluding hydrogens is 230 g/mol. The Kier molecular flexibility index (Phi) is 5.17. The zero-order chi connectivity index (χ0) is 13.5. The molecule has 0 saturated carbocycles. The molecule has 0 saturated heterocycles. The van der Waals surface area contributed by atoms with Crippen molar-refractivity contribution in [2.45, 2.75) is 25.7 Å². The van der Waals surface area contributed by atoms with E-state index in [2.05, 4.69) is 66.8 Å². The van der Waals surface area contributed by atoms with Gasteiger partial charge in [-0.15, -0.1) is 0 Å². The van der Waals surface area contributed by atoms with Crippen molar-refractivity contribution in [2.24, 2.45) is 0 Å². The van der Waals surface area contributed by atoms with Crippen molar-refractivity contribution in [1.29, 1.82) is 0 Å². The Morgan fingerprint density at radius 1 is 0.947 bits per heavy atom. The Morgan fingerprint density at radius 2 is 1.63 bits per heavy atom. The van der Waals surface area contributed by atoms with Gasteiger partial charge in [-0.1, -0.05) is 60.2 Å². The lowest BCUT2D eigenvalue weighted by atomic mass is 9.89. The van der Waals surface area contributed by atoms with Crippen LogP contribution in [0.3, 0.4) is 0 Å². The molecule has 1 heteroatoms. The Hall–Kier alpha value is -1.60. The van der Waals surface area contributed by atoms with Crippen molar-refractivity contribution >= 4 is 0 Å². The number of hydrogen-bond donors (Lipinski definition) is 1. The van der Waals surface area contributed by atoms with Crippen molar-refractivity contribution in [1.82, 2.24) is 5.32 Å². The molecule has 1 N–H and O–H groups in total. The molecule has 0 radical (unpaired) electrons. The highest BCUT2D eigenvalue weighted by atomic mass is 14.8. The van der Waals surface area contributed by atoms with Gasteiger partial charge in [-0.2, -0.15) is 0 Å². The molecule has 19 heavy (non-hydrogen) atoms. The third-order valence-corrected chi connectivity index (χ3v) is 3.62. The van der Waals surface area contributed by atoms with Crippen LogP contribution in [-0.2, 0) is 6.42 Å². The van der Waals surface area contributed by atoms with Gasteiger partial charge in [0.1, 0.15) is 0 Å². The van der Waals surface area contributed by atoms with Crippen molar-refractivity contribution in [2.75, 3.05) is 13.6 Å². The van der Waals surface area contributed by atoms with Crippen LogP contribution in [0.5, 0.6) is 0 Å². The minimum Gasteiger partial charge on any atom is -0.320 e. The van der Waals surface area contributed by atoms with Gasteiger partial charge in [-0.05, 0) is 50.4 Å². The van der Waals surface area contributed by atoms with E-state index in [1.807, 2.05) is 7.05 Å². The first-order chi connectivity index (χ1) is 9.29. The first kappa shape index (κ1) is 13.8. The van der Waals surface area contributed by atoms with E-state index in [1.165, 1.54) is 23.1 Å².